The highest BCUT2D eigenvalue weighted by atomic mass is 19.2. The van der Waals surface area contributed by atoms with E-state index in [2.05, 4.69) is 25.8 Å². The average molecular weight is 473 g/mol. The molecule has 34 heavy (non-hydrogen) atoms. The van der Waals surface area contributed by atoms with E-state index in [1.807, 2.05) is 0 Å². The molecule has 3 aromatic rings. The van der Waals surface area contributed by atoms with E-state index in [1.165, 1.54) is 19.4 Å². The molecule has 1 amide bonds. The fraction of sp³-hybridized carbons (Fsp3) is 0.318. The number of benzene rings is 1. The largest absolute Gasteiger partial charge is 0.474 e. The maximum Gasteiger partial charge on any atom is 0.320 e. The van der Waals surface area contributed by atoms with E-state index in [9.17, 15) is 18.4 Å². The molecule has 2 aromatic heterocycles. The second kappa shape index (κ2) is 10.2. The smallest absolute Gasteiger partial charge is 0.320 e. The molecule has 4 rings (SSSR count). The minimum atomic E-state index is -1.05. The number of methoxy groups -OCH3 is 1. The van der Waals surface area contributed by atoms with Crippen LogP contribution in [-0.2, 0) is 9.53 Å². The molecule has 1 saturated carbocycles. The summed E-state index contributed by atoms with van der Waals surface area (Å²) in [7, 11) is 1.39. The van der Waals surface area contributed by atoms with Crippen LogP contribution < -0.4 is 15.4 Å². The third-order valence-corrected chi connectivity index (χ3v) is 5.28. The molecule has 0 spiro atoms. The van der Waals surface area contributed by atoms with Crippen LogP contribution in [0.5, 0.6) is 5.88 Å². The number of amides is 1. The summed E-state index contributed by atoms with van der Waals surface area (Å²) in [5, 5.41) is 12.4. The van der Waals surface area contributed by atoms with Crippen LogP contribution in [0, 0.1) is 17.6 Å². The predicted molar refractivity (Wildman–Crippen MR) is 115 cm³/mol. The number of aromatic nitrogens is 3. The van der Waals surface area contributed by atoms with Gasteiger partial charge < -0.3 is 24.5 Å². The Bertz CT molecular complexity index is 1160. The summed E-state index contributed by atoms with van der Waals surface area (Å²) in [6.07, 6.45) is 4.21. The van der Waals surface area contributed by atoms with Gasteiger partial charge in [-0.05, 0) is 43.9 Å². The third-order valence-electron chi connectivity index (χ3n) is 5.28. The standard InChI is InChI=1S/C22H21F2N5O5/c1-32-21(31)12-2-6-15(7-3-12)33-18-9-5-14(11-25-18)26-19(30)20-28-29-22(34-20)27-13-4-8-16(23)17(24)10-13/h4-5,8-12,15H,2-3,6-7H2,1H3,(H,26,30)(H,27,29)/t12-,15-. The molecule has 0 atom stereocenters. The zero-order valence-electron chi connectivity index (χ0n) is 18.1. The van der Waals surface area contributed by atoms with Gasteiger partial charge in [0.2, 0.25) is 5.88 Å². The molecule has 10 nitrogen and oxygen atoms in total. The van der Waals surface area contributed by atoms with Crippen molar-refractivity contribution in [1.29, 1.82) is 0 Å². The van der Waals surface area contributed by atoms with Gasteiger partial charge in [-0.15, -0.1) is 5.10 Å². The van der Waals surface area contributed by atoms with Gasteiger partial charge in [-0.25, -0.2) is 13.8 Å². The molecule has 2 N–H and O–H groups in total. The predicted octanol–water partition coefficient (Wildman–Crippen LogP) is 3.85. The molecule has 1 fully saturated rings. The van der Waals surface area contributed by atoms with Crippen LogP contribution in [0.2, 0.25) is 0 Å². The topological polar surface area (TPSA) is 128 Å². The number of rotatable bonds is 7. The lowest BCUT2D eigenvalue weighted by Gasteiger charge is -2.27. The van der Waals surface area contributed by atoms with E-state index in [4.69, 9.17) is 13.9 Å². The number of nitrogens with zero attached hydrogens (tertiary/aromatic N) is 3. The molecular formula is C22H21F2N5O5. The van der Waals surface area contributed by atoms with Gasteiger partial charge in [0.1, 0.15) is 6.10 Å². The van der Waals surface area contributed by atoms with Gasteiger partial charge in [0.15, 0.2) is 11.6 Å². The van der Waals surface area contributed by atoms with Crippen LogP contribution in [0.3, 0.4) is 0 Å². The van der Waals surface area contributed by atoms with Crippen LogP contribution in [0.4, 0.5) is 26.2 Å². The highest BCUT2D eigenvalue weighted by Crippen LogP contribution is 2.28. The van der Waals surface area contributed by atoms with Crippen molar-refractivity contribution in [3.05, 3.63) is 54.1 Å². The molecule has 178 valence electrons. The third kappa shape index (κ3) is 5.63. The molecule has 1 aliphatic carbocycles. The maximum atomic E-state index is 13.3. The Balaban J connectivity index is 1.28. The lowest BCUT2D eigenvalue weighted by molar-refractivity contribution is -0.147. The number of pyridine rings is 1. The summed E-state index contributed by atoms with van der Waals surface area (Å²) >= 11 is 0. The number of hydrogen-bond acceptors (Lipinski definition) is 9. The minimum Gasteiger partial charge on any atom is -0.474 e. The summed E-state index contributed by atoms with van der Waals surface area (Å²) in [4.78, 5) is 28.2. The van der Waals surface area contributed by atoms with E-state index < -0.39 is 17.5 Å². The molecular weight excluding hydrogens is 452 g/mol. The van der Waals surface area contributed by atoms with Crippen LogP contribution in [0.1, 0.15) is 36.4 Å². The van der Waals surface area contributed by atoms with Gasteiger partial charge in [0.25, 0.3) is 0 Å². The quantitative estimate of drug-likeness (QED) is 0.492. The van der Waals surface area contributed by atoms with Crippen LogP contribution in [0.15, 0.2) is 40.9 Å². The second-order valence-electron chi connectivity index (χ2n) is 7.62. The summed E-state index contributed by atoms with van der Waals surface area (Å²) in [5.41, 5.74) is 0.549. The number of hydrogen-bond donors (Lipinski definition) is 2. The van der Waals surface area contributed by atoms with Gasteiger partial charge >= 0.3 is 23.8 Å². The number of nitrogens with one attached hydrogen (secondary N) is 2. The van der Waals surface area contributed by atoms with E-state index in [-0.39, 0.29) is 35.6 Å². The van der Waals surface area contributed by atoms with Crippen molar-refractivity contribution >= 4 is 29.3 Å². The molecule has 1 aromatic carbocycles. The number of ether oxygens (including phenoxy) is 2. The zero-order valence-corrected chi connectivity index (χ0v) is 18.1. The summed E-state index contributed by atoms with van der Waals surface area (Å²) in [6.45, 7) is 0. The zero-order chi connectivity index (χ0) is 24.1. The second-order valence-corrected chi connectivity index (χ2v) is 7.62. The fourth-order valence-corrected chi connectivity index (χ4v) is 3.53. The first-order valence-electron chi connectivity index (χ1n) is 10.5. The number of anilines is 3. The van der Waals surface area contributed by atoms with E-state index >= 15 is 0 Å². The first-order chi connectivity index (χ1) is 16.4. The Hall–Kier alpha value is -4.09. The van der Waals surface area contributed by atoms with Gasteiger partial charge in [0.05, 0.1) is 24.9 Å². The van der Waals surface area contributed by atoms with Crippen molar-refractivity contribution in [2.45, 2.75) is 31.8 Å². The molecule has 0 saturated heterocycles. The average Bonchev–Trinajstić information content (AvgIpc) is 3.31. The van der Waals surface area contributed by atoms with Crippen molar-refractivity contribution in [3.63, 3.8) is 0 Å². The van der Waals surface area contributed by atoms with E-state index in [0.29, 0.717) is 24.4 Å². The van der Waals surface area contributed by atoms with Gasteiger partial charge in [0, 0.05) is 17.8 Å². The van der Waals surface area contributed by atoms with Crippen molar-refractivity contribution in [3.8, 4) is 5.88 Å². The Morgan fingerprint density at radius 1 is 1.03 bits per heavy atom. The van der Waals surface area contributed by atoms with Crippen LogP contribution >= 0.6 is 0 Å². The Morgan fingerprint density at radius 3 is 2.47 bits per heavy atom. The summed E-state index contributed by atoms with van der Waals surface area (Å²) in [5.74, 6) is -2.94. The van der Waals surface area contributed by atoms with Crippen molar-refractivity contribution in [2.24, 2.45) is 5.92 Å². The lowest BCUT2D eigenvalue weighted by Crippen LogP contribution is -2.28. The number of esters is 1. The summed E-state index contributed by atoms with van der Waals surface area (Å²) in [6, 6.07) is 6.19. The number of halogens is 2. The minimum absolute atomic E-state index is 0.0484. The highest BCUT2D eigenvalue weighted by Gasteiger charge is 2.28. The van der Waals surface area contributed by atoms with Gasteiger partial charge in [-0.3, -0.25) is 9.59 Å². The number of carbonyl (C=O) groups is 2. The normalized spacial score (nSPS) is 17.6. The first kappa shape index (κ1) is 23.1. The Kier molecular flexibility index (Phi) is 6.95. The van der Waals surface area contributed by atoms with Crippen LogP contribution in [0.25, 0.3) is 0 Å². The number of carbonyl (C=O) groups excluding carboxylic acids is 2. The Morgan fingerprint density at radius 2 is 1.79 bits per heavy atom. The molecule has 1 aliphatic rings. The SMILES string of the molecule is COC(=O)[C@H]1CC[C@H](Oc2ccc(NC(=O)c3nnc(Nc4ccc(F)c(F)c4)o3)cn2)CC1. The molecule has 0 bridgehead atoms. The van der Waals surface area contributed by atoms with Crippen molar-refractivity contribution in [1.82, 2.24) is 15.2 Å². The molecule has 2 heterocycles. The molecule has 0 unspecified atom stereocenters. The van der Waals surface area contributed by atoms with Gasteiger partial charge in [-0.1, -0.05) is 5.10 Å². The highest BCUT2D eigenvalue weighted by molar-refractivity contribution is 6.00. The monoisotopic (exact) mass is 473 g/mol. The fourth-order valence-electron chi connectivity index (χ4n) is 3.53. The van der Waals surface area contributed by atoms with Crippen molar-refractivity contribution < 1.29 is 32.3 Å². The van der Waals surface area contributed by atoms with Crippen LogP contribution in [-0.4, -0.2) is 40.3 Å². The van der Waals surface area contributed by atoms with Crippen molar-refractivity contribution in [2.75, 3.05) is 17.7 Å². The van der Waals surface area contributed by atoms with Gasteiger partial charge in [-0.2, -0.15) is 0 Å². The molecule has 0 radical (unpaired) electrons. The lowest BCUT2D eigenvalue weighted by atomic mass is 9.87. The first-order valence-corrected chi connectivity index (χ1v) is 10.5. The Labute approximate surface area is 192 Å². The van der Waals surface area contributed by atoms with E-state index in [0.717, 1.165) is 25.0 Å². The summed E-state index contributed by atoms with van der Waals surface area (Å²) < 4.78 is 42.2. The van der Waals surface area contributed by atoms with E-state index in [1.54, 1.807) is 12.1 Å². The molecule has 0 aliphatic heterocycles. The maximum absolute atomic E-state index is 13.3. The molecule has 12 heteroatoms.